The molecule has 2 aromatic rings. The number of phosphoric ester groups is 1. The topological polar surface area (TPSA) is 44.8 Å². The fourth-order valence-corrected chi connectivity index (χ4v) is 5.33. The van der Waals surface area contributed by atoms with Gasteiger partial charge in [0.05, 0.1) is 0 Å². The van der Waals surface area contributed by atoms with Crippen molar-refractivity contribution in [1.29, 1.82) is 0 Å². The molecular weight excluding hydrogens is 454 g/mol. The average Bonchev–Trinajstić information content (AvgIpc) is 2.65. The zero-order valence-electron chi connectivity index (χ0n) is 23.7. The van der Waals surface area contributed by atoms with Crippen LogP contribution in [0.5, 0.6) is 11.5 Å². The first-order valence-electron chi connectivity index (χ1n) is 12.4. The first-order chi connectivity index (χ1) is 15.7. The minimum Gasteiger partial charge on any atom is -0.395 e. The second-order valence-corrected chi connectivity index (χ2v) is 15.4. The number of hydrogen-bond acceptors (Lipinski definition) is 4. The summed E-state index contributed by atoms with van der Waals surface area (Å²) >= 11 is 0. The van der Waals surface area contributed by atoms with Gasteiger partial charge in [-0.15, -0.1) is 0 Å². The monoisotopic (exact) mass is 496 g/mol. The molecule has 0 N–H and O–H groups in total. The van der Waals surface area contributed by atoms with Crippen molar-refractivity contribution in [3.63, 3.8) is 0 Å². The van der Waals surface area contributed by atoms with E-state index in [9.17, 15) is 4.57 Å². The highest BCUT2D eigenvalue weighted by molar-refractivity contribution is 7.50. The molecule has 4 nitrogen and oxygen atoms in total. The normalized spacial score (nSPS) is 16.3. The van der Waals surface area contributed by atoms with Crippen molar-refractivity contribution in [2.45, 2.75) is 111 Å². The second kappa shape index (κ2) is 8.70. The maximum Gasteiger partial charge on any atom is 0.571 e. The molecule has 0 amide bonds. The Morgan fingerprint density at radius 1 is 0.657 bits per heavy atom. The van der Waals surface area contributed by atoms with Crippen LogP contribution in [-0.2, 0) is 37.1 Å². The Kier molecular flexibility index (Phi) is 6.93. The highest BCUT2D eigenvalue weighted by Crippen LogP contribution is 2.56. The summed E-state index contributed by atoms with van der Waals surface area (Å²) in [5, 5.41) is 0. The Balaban J connectivity index is 2.46. The van der Waals surface area contributed by atoms with Gasteiger partial charge in [0, 0.05) is 17.5 Å². The predicted molar refractivity (Wildman–Crippen MR) is 146 cm³/mol. The minimum atomic E-state index is -4.16. The van der Waals surface area contributed by atoms with Crippen LogP contribution in [-0.4, -0.2) is 8.05 Å². The molecule has 2 aromatic carbocycles. The molecule has 1 aliphatic heterocycles. The second-order valence-electron chi connectivity index (χ2n) is 13.9. The molecule has 0 fully saturated rings. The highest BCUT2D eigenvalue weighted by Gasteiger charge is 2.39. The van der Waals surface area contributed by atoms with Crippen molar-refractivity contribution >= 4 is 15.9 Å². The summed E-state index contributed by atoms with van der Waals surface area (Å²) in [4.78, 5) is 0. The lowest BCUT2D eigenvalue weighted by Gasteiger charge is -2.34. The zero-order valence-corrected chi connectivity index (χ0v) is 24.6. The van der Waals surface area contributed by atoms with Crippen molar-refractivity contribution < 1.29 is 18.1 Å². The molecule has 0 aromatic heterocycles. The molecule has 0 bridgehead atoms. The molecule has 1 heterocycles. The van der Waals surface area contributed by atoms with Crippen molar-refractivity contribution in [2.24, 2.45) is 0 Å². The SMILES string of the molecule is [B]OP1(=O)Oc2c(cc(C(C)(C)C)cc2C(C)(C)C)Cc2cc(C(C)(C)C)cc(C(C)(C)C)c2O1. The van der Waals surface area contributed by atoms with Crippen molar-refractivity contribution in [1.82, 2.24) is 0 Å². The van der Waals surface area contributed by atoms with E-state index in [-0.39, 0.29) is 21.7 Å². The van der Waals surface area contributed by atoms with E-state index in [2.05, 4.69) is 107 Å². The molecular formula is C29H42BO4P. The number of fused-ring (bicyclic) bond motifs is 2. The molecule has 0 spiro atoms. The van der Waals surface area contributed by atoms with Gasteiger partial charge in [-0.3, -0.25) is 0 Å². The molecule has 190 valence electrons. The van der Waals surface area contributed by atoms with Crippen LogP contribution in [0.4, 0.5) is 0 Å². The summed E-state index contributed by atoms with van der Waals surface area (Å²) < 4.78 is 31.0. The van der Waals surface area contributed by atoms with E-state index in [1.807, 2.05) is 0 Å². The van der Waals surface area contributed by atoms with Gasteiger partial charge in [0.15, 0.2) is 0 Å². The molecule has 2 radical (unpaired) electrons. The van der Waals surface area contributed by atoms with Crippen LogP contribution in [0.25, 0.3) is 0 Å². The summed E-state index contributed by atoms with van der Waals surface area (Å²) in [6.07, 6.45) is 0.579. The van der Waals surface area contributed by atoms with Crippen molar-refractivity contribution in [2.75, 3.05) is 0 Å². The Hall–Kier alpha value is -1.71. The van der Waals surface area contributed by atoms with Gasteiger partial charge in [-0.25, -0.2) is 4.57 Å². The van der Waals surface area contributed by atoms with Gasteiger partial charge < -0.3 is 13.5 Å². The Morgan fingerprint density at radius 2 is 1.00 bits per heavy atom. The third kappa shape index (κ3) is 5.83. The molecule has 0 atom stereocenters. The lowest BCUT2D eigenvalue weighted by molar-refractivity contribution is 0.297. The van der Waals surface area contributed by atoms with E-state index in [0.717, 1.165) is 22.3 Å². The summed E-state index contributed by atoms with van der Waals surface area (Å²) in [6.45, 7) is 25.9. The highest BCUT2D eigenvalue weighted by atomic mass is 31.2. The quantitative estimate of drug-likeness (QED) is 0.294. The maximum atomic E-state index is 13.8. The van der Waals surface area contributed by atoms with Crippen molar-refractivity contribution in [3.8, 4) is 11.5 Å². The largest absolute Gasteiger partial charge is 0.571 e. The molecule has 0 unspecified atom stereocenters. The van der Waals surface area contributed by atoms with Crippen molar-refractivity contribution in [3.05, 3.63) is 57.6 Å². The summed E-state index contributed by atoms with van der Waals surface area (Å²) in [5.41, 5.74) is 5.51. The summed E-state index contributed by atoms with van der Waals surface area (Å²) in [5.74, 6) is 1.06. The van der Waals surface area contributed by atoms with Gasteiger partial charge in [0.1, 0.15) is 11.5 Å². The maximum absolute atomic E-state index is 13.8. The van der Waals surface area contributed by atoms with E-state index in [4.69, 9.17) is 21.5 Å². The van der Waals surface area contributed by atoms with Crippen LogP contribution in [0.3, 0.4) is 0 Å². The molecule has 6 heteroatoms. The smallest absolute Gasteiger partial charge is 0.395 e. The number of phosphoric acid groups is 1. The van der Waals surface area contributed by atoms with Crippen LogP contribution in [0, 0.1) is 0 Å². The fourth-order valence-electron chi connectivity index (χ4n) is 4.33. The number of benzene rings is 2. The lowest BCUT2D eigenvalue weighted by atomic mass is 9.76. The Bertz CT molecular complexity index is 1080. The minimum absolute atomic E-state index is 0.0748. The standard InChI is InChI=1S/C29H42BO4P/c1-26(2,3)20-14-18-13-19-15-21(27(4,5)6)17-23(29(10,11)12)25(19)33-35(31,34-30)32-24(18)22(16-20)28(7,8)9/h14-17H,13H2,1-12H3. The van der Waals surface area contributed by atoms with Crippen LogP contribution in [0.15, 0.2) is 24.3 Å². The van der Waals surface area contributed by atoms with Gasteiger partial charge in [0.2, 0.25) is 0 Å². The van der Waals surface area contributed by atoms with Crippen LogP contribution in [0.2, 0.25) is 0 Å². The van der Waals surface area contributed by atoms with Gasteiger partial charge in [-0.05, 0) is 43.9 Å². The zero-order chi connectivity index (χ0) is 26.8. The predicted octanol–water partition coefficient (Wildman–Crippen LogP) is 8.45. The summed E-state index contributed by atoms with van der Waals surface area (Å²) in [7, 11) is 1.42. The van der Waals surface area contributed by atoms with Crippen LogP contribution < -0.4 is 9.05 Å². The first kappa shape index (κ1) is 27.9. The molecule has 0 aliphatic carbocycles. The molecule has 3 rings (SSSR count). The average molecular weight is 496 g/mol. The third-order valence-corrected chi connectivity index (χ3v) is 7.67. The molecule has 0 saturated heterocycles. The van der Waals surface area contributed by atoms with Gasteiger partial charge in [0.25, 0.3) is 0 Å². The first-order valence-corrected chi connectivity index (χ1v) is 13.9. The summed E-state index contributed by atoms with van der Waals surface area (Å²) in [6, 6.07) is 8.63. The van der Waals surface area contributed by atoms with E-state index in [1.165, 1.54) is 11.1 Å². The van der Waals surface area contributed by atoms with E-state index in [0.29, 0.717) is 17.9 Å². The fraction of sp³-hybridized carbons (Fsp3) is 0.586. The Labute approximate surface area is 214 Å². The van der Waals surface area contributed by atoms with Gasteiger partial charge >= 0.3 is 15.9 Å². The van der Waals surface area contributed by atoms with E-state index >= 15 is 0 Å². The van der Waals surface area contributed by atoms with Crippen LogP contribution >= 0.6 is 7.82 Å². The lowest BCUT2D eigenvalue weighted by Crippen LogP contribution is -2.23. The molecule has 35 heavy (non-hydrogen) atoms. The number of hydrogen-bond donors (Lipinski definition) is 0. The third-order valence-electron chi connectivity index (χ3n) is 6.60. The van der Waals surface area contributed by atoms with Gasteiger partial charge in [-0.2, -0.15) is 0 Å². The van der Waals surface area contributed by atoms with E-state index in [1.54, 1.807) is 0 Å². The van der Waals surface area contributed by atoms with E-state index < -0.39 is 7.82 Å². The molecule has 1 aliphatic rings. The Morgan fingerprint density at radius 3 is 1.26 bits per heavy atom. The molecule has 0 saturated carbocycles. The van der Waals surface area contributed by atoms with Crippen LogP contribution in [0.1, 0.15) is 116 Å². The number of rotatable bonds is 1. The van der Waals surface area contributed by atoms with Gasteiger partial charge in [-0.1, -0.05) is 107 Å².